The van der Waals surface area contributed by atoms with E-state index in [-0.39, 0.29) is 17.2 Å². The maximum Gasteiger partial charge on any atom is 0.307 e. The van der Waals surface area contributed by atoms with E-state index in [0.29, 0.717) is 23.5 Å². The van der Waals surface area contributed by atoms with Gasteiger partial charge in [0.25, 0.3) is 5.91 Å². The minimum atomic E-state index is -0.699. The van der Waals surface area contributed by atoms with Crippen molar-refractivity contribution >= 4 is 27.8 Å². The van der Waals surface area contributed by atoms with Crippen LogP contribution in [0.5, 0.6) is 0 Å². The third-order valence-electron chi connectivity index (χ3n) is 4.32. The van der Waals surface area contributed by atoms with Crippen LogP contribution in [0.3, 0.4) is 0 Å². The fourth-order valence-electron chi connectivity index (χ4n) is 2.99. The van der Waals surface area contributed by atoms with Gasteiger partial charge in [-0.3, -0.25) is 9.59 Å². The number of hydrogen-bond donors (Lipinski definition) is 1. The topological polar surface area (TPSA) is 70.8 Å². The van der Waals surface area contributed by atoms with Gasteiger partial charge in [0.2, 0.25) is 0 Å². The van der Waals surface area contributed by atoms with Crippen molar-refractivity contribution in [1.82, 2.24) is 4.90 Å². The van der Waals surface area contributed by atoms with Crippen molar-refractivity contribution in [2.45, 2.75) is 19.3 Å². The maximum atomic E-state index is 12.2. The number of amides is 1. The van der Waals surface area contributed by atoms with Crippen LogP contribution in [0, 0.1) is 11.3 Å². The highest BCUT2D eigenvalue weighted by atomic mass is 79.9. The van der Waals surface area contributed by atoms with E-state index in [4.69, 9.17) is 9.52 Å². The molecule has 1 amide bonds. The summed E-state index contributed by atoms with van der Waals surface area (Å²) in [5.74, 6) is -0.696. The van der Waals surface area contributed by atoms with E-state index in [9.17, 15) is 9.59 Å². The van der Waals surface area contributed by atoms with Gasteiger partial charge in [0.15, 0.2) is 10.4 Å². The maximum absolute atomic E-state index is 12.2. The summed E-state index contributed by atoms with van der Waals surface area (Å²) in [4.78, 5) is 24.9. The molecule has 1 aromatic rings. The first-order valence-electron chi connectivity index (χ1n) is 6.29. The Morgan fingerprint density at radius 1 is 1.37 bits per heavy atom. The summed E-state index contributed by atoms with van der Waals surface area (Å²) in [6.07, 6.45) is 2.31. The molecule has 1 unspecified atom stereocenters. The molecule has 1 saturated heterocycles. The average molecular weight is 328 g/mol. The summed E-state index contributed by atoms with van der Waals surface area (Å²) in [6.45, 7) is 1.22. The molecular weight excluding hydrogens is 314 g/mol. The van der Waals surface area contributed by atoms with E-state index in [1.807, 2.05) is 0 Å². The van der Waals surface area contributed by atoms with Crippen LogP contribution in [0.15, 0.2) is 21.2 Å². The quantitative estimate of drug-likeness (QED) is 0.905. The van der Waals surface area contributed by atoms with Crippen LogP contribution in [0.2, 0.25) is 0 Å². The van der Waals surface area contributed by atoms with Crippen LogP contribution in [0.4, 0.5) is 0 Å². The zero-order chi connectivity index (χ0) is 13.6. The van der Waals surface area contributed by atoms with Crippen molar-refractivity contribution in [3.05, 3.63) is 22.6 Å². The number of halogens is 1. The van der Waals surface area contributed by atoms with Gasteiger partial charge in [-0.1, -0.05) is 0 Å². The molecule has 0 radical (unpaired) electrons. The highest BCUT2D eigenvalue weighted by Crippen LogP contribution is 2.59. The zero-order valence-electron chi connectivity index (χ0n) is 10.3. The number of carboxylic acid groups (broad SMARTS) is 1. The van der Waals surface area contributed by atoms with E-state index < -0.39 is 5.97 Å². The van der Waals surface area contributed by atoms with Gasteiger partial charge in [-0.2, -0.15) is 0 Å². The molecule has 2 fully saturated rings. The van der Waals surface area contributed by atoms with E-state index in [0.717, 1.165) is 19.3 Å². The lowest BCUT2D eigenvalue weighted by atomic mass is 9.90. The minimum Gasteiger partial charge on any atom is -0.481 e. The Balaban J connectivity index is 1.62. The summed E-state index contributed by atoms with van der Waals surface area (Å²) >= 11 is 3.17. The molecule has 0 aromatic carbocycles. The number of rotatable bonds is 2. The molecule has 19 heavy (non-hydrogen) atoms. The molecule has 1 atom stereocenters. The molecule has 1 aromatic heterocycles. The molecule has 1 aliphatic heterocycles. The highest BCUT2D eigenvalue weighted by Gasteiger charge is 2.59. The van der Waals surface area contributed by atoms with Crippen LogP contribution < -0.4 is 0 Å². The van der Waals surface area contributed by atoms with E-state index in [1.165, 1.54) is 0 Å². The molecule has 6 heteroatoms. The Bertz CT molecular complexity index is 531. The van der Waals surface area contributed by atoms with Gasteiger partial charge in [0.1, 0.15) is 0 Å². The van der Waals surface area contributed by atoms with Crippen molar-refractivity contribution in [2.75, 3.05) is 13.1 Å². The largest absolute Gasteiger partial charge is 0.481 e. The first-order valence-corrected chi connectivity index (χ1v) is 7.09. The molecule has 5 nitrogen and oxygen atoms in total. The Morgan fingerprint density at radius 3 is 2.53 bits per heavy atom. The predicted molar refractivity (Wildman–Crippen MR) is 69.7 cm³/mol. The van der Waals surface area contributed by atoms with Gasteiger partial charge in [0, 0.05) is 13.1 Å². The second kappa shape index (κ2) is 4.37. The predicted octanol–water partition coefficient (Wildman–Crippen LogP) is 2.37. The van der Waals surface area contributed by atoms with Crippen molar-refractivity contribution in [3.63, 3.8) is 0 Å². The SMILES string of the molecule is O=C(O)C1CC12CCN(C(=O)c1ccc(Br)o1)CC2. The summed E-state index contributed by atoms with van der Waals surface area (Å²) in [6, 6.07) is 3.34. The molecule has 1 spiro atoms. The second-order valence-corrected chi connectivity index (χ2v) is 6.13. The van der Waals surface area contributed by atoms with Gasteiger partial charge in [-0.15, -0.1) is 0 Å². The summed E-state index contributed by atoms with van der Waals surface area (Å²) in [5, 5.41) is 9.03. The van der Waals surface area contributed by atoms with Crippen LogP contribution in [0.1, 0.15) is 29.8 Å². The van der Waals surface area contributed by atoms with Gasteiger partial charge in [-0.05, 0) is 52.7 Å². The van der Waals surface area contributed by atoms with Gasteiger partial charge < -0.3 is 14.4 Å². The van der Waals surface area contributed by atoms with Crippen LogP contribution in [-0.4, -0.2) is 35.0 Å². The highest BCUT2D eigenvalue weighted by molar-refractivity contribution is 9.10. The summed E-state index contributed by atoms with van der Waals surface area (Å²) in [7, 11) is 0. The lowest BCUT2D eigenvalue weighted by Gasteiger charge is -2.32. The Labute approximate surface area is 118 Å². The summed E-state index contributed by atoms with van der Waals surface area (Å²) < 4.78 is 5.80. The van der Waals surface area contributed by atoms with Gasteiger partial charge >= 0.3 is 5.97 Å². The molecule has 1 saturated carbocycles. The van der Waals surface area contributed by atoms with Gasteiger partial charge in [-0.25, -0.2) is 0 Å². The molecule has 1 aliphatic carbocycles. The number of likely N-dealkylation sites (tertiary alicyclic amines) is 1. The van der Waals surface area contributed by atoms with Crippen molar-refractivity contribution < 1.29 is 19.1 Å². The van der Waals surface area contributed by atoms with Crippen LogP contribution in [0.25, 0.3) is 0 Å². The fourth-order valence-corrected chi connectivity index (χ4v) is 3.30. The number of nitrogens with zero attached hydrogens (tertiary/aromatic N) is 1. The molecular formula is C13H14BrNO4. The lowest BCUT2D eigenvalue weighted by Crippen LogP contribution is -2.39. The standard InChI is InChI=1S/C13H14BrNO4/c14-10-2-1-9(19-10)11(16)15-5-3-13(4-6-15)7-8(13)12(17)18/h1-2,8H,3-7H2,(H,17,18). The number of aliphatic carboxylic acids is 1. The number of hydrogen-bond acceptors (Lipinski definition) is 3. The van der Waals surface area contributed by atoms with Crippen molar-refractivity contribution in [1.29, 1.82) is 0 Å². The molecule has 2 aliphatic rings. The number of furan rings is 1. The Morgan fingerprint density at radius 2 is 2.05 bits per heavy atom. The van der Waals surface area contributed by atoms with Crippen LogP contribution in [-0.2, 0) is 4.79 Å². The Hall–Kier alpha value is -1.30. The molecule has 1 N–H and O–H groups in total. The number of piperidine rings is 1. The van der Waals surface area contributed by atoms with Gasteiger partial charge in [0.05, 0.1) is 5.92 Å². The van der Waals surface area contributed by atoms with E-state index in [1.54, 1.807) is 17.0 Å². The third-order valence-corrected chi connectivity index (χ3v) is 4.74. The first-order chi connectivity index (χ1) is 9.02. The number of carbonyl (C=O) groups excluding carboxylic acids is 1. The minimum absolute atomic E-state index is 0.0492. The first kappa shape index (κ1) is 12.7. The average Bonchev–Trinajstić information content (AvgIpc) is 2.91. The lowest BCUT2D eigenvalue weighted by molar-refractivity contribution is -0.139. The molecule has 2 heterocycles. The molecule has 3 rings (SSSR count). The smallest absolute Gasteiger partial charge is 0.307 e. The van der Waals surface area contributed by atoms with E-state index in [2.05, 4.69) is 15.9 Å². The van der Waals surface area contributed by atoms with Crippen molar-refractivity contribution in [3.8, 4) is 0 Å². The zero-order valence-corrected chi connectivity index (χ0v) is 11.9. The number of carboxylic acids is 1. The van der Waals surface area contributed by atoms with Crippen molar-refractivity contribution in [2.24, 2.45) is 11.3 Å². The normalized spacial score (nSPS) is 24.5. The third kappa shape index (κ3) is 2.18. The molecule has 102 valence electrons. The fraction of sp³-hybridized carbons (Fsp3) is 0.538. The monoisotopic (exact) mass is 327 g/mol. The summed E-state index contributed by atoms with van der Waals surface area (Å²) in [5.41, 5.74) is -0.0492. The Kier molecular flexibility index (Phi) is 2.92. The van der Waals surface area contributed by atoms with E-state index >= 15 is 0 Å². The second-order valence-electron chi connectivity index (χ2n) is 5.35. The molecule has 0 bridgehead atoms. The van der Waals surface area contributed by atoms with Crippen LogP contribution >= 0.6 is 15.9 Å². The number of carbonyl (C=O) groups is 2.